The van der Waals surface area contributed by atoms with E-state index in [1.807, 2.05) is 0 Å². The van der Waals surface area contributed by atoms with Gasteiger partial charge in [-0.3, -0.25) is 0 Å². The lowest BCUT2D eigenvalue weighted by Gasteiger charge is -2.33. The van der Waals surface area contributed by atoms with Crippen LogP contribution in [0.5, 0.6) is 0 Å². The van der Waals surface area contributed by atoms with Crippen LogP contribution in [-0.2, 0) is 10.2 Å². The quantitative estimate of drug-likeness (QED) is 0.709. The van der Waals surface area contributed by atoms with Crippen LogP contribution >= 0.6 is 0 Å². The Morgan fingerprint density at radius 1 is 1.21 bits per heavy atom. The summed E-state index contributed by atoms with van der Waals surface area (Å²) >= 11 is 0. The molecule has 0 aromatic heterocycles. The molecule has 2 aliphatic rings. The molecule has 2 fully saturated rings. The summed E-state index contributed by atoms with van der Waals surface area (Å²) in [4.78, 5) is 0. The highest BCUT2D eigenvalue weighted by atomic mass is 32.2. The van der Waals surface area contributed by atoms with Crippen LogP contribution in [0.2, 0.25) is 0 Å². The molecule has 2 saturated heterocycles. The molecule has 0 radical (unpaired) electrons. The normalized spacial score (nSPS) is 26.1. The lowest BCUT2D eigenvalue weighted by molar-refractivity contribution is 0.231. The lowest BCUT2D eigenvalue weighted by atomic mass is 10.2. The van der Waals surface area contributed by atoms with E-state index in [2.05, 4.69) is 5.32 Å². The molecule has 0 bridgehead atoms. The second-order valence-electron chi connectivity index (χ2n) is 5.34. The summed E-state index contributed by atoms with van der Waals surface area (Å²) < 4.78 is 28.2. The van der Waals surface area contributed by atoms with Crippen LogP contribution in [0.1, 0.15) is 32.1 Å². The topological polar surface area (TPSA) is 72.9 Å². The zero-order chi connectivity index (χ0) is 13.7. The van der Waals surface area contributed by atoms with Gasteiger partial charge in [0.05, 0.1) is 6.61 Å². The molecule has 2 N–H and O–H groups in total. The van der Waals surface area contributed by atoms with E-state index < -0.39 is 10.2 Å². The maximum Gasteiger partial charge on any atom is 0.282 e. The second kappa shape index (κ2) is 6.99. The van der Waals surface area contributed by atoms with Crippen LogP contribution in [-0.4, -0.2) is 67.5 Å². The number of hydrogen-bond donors (Lipinski definition) is 2. The van der Waals surface area contributed by atoms with Gasteiger partial charge in [0.25, 0.3) is 10.2 Å². The van der Waals surface area contributed by atoms with Crippen LogP contribution < -0.4 is 5.32 Å². The van der Waals surface area contributed by atoms with Crippen molar-refractivity contribution in [2.75, 3.05) is 39.3 Å². The fourth-order valence-electron chi connectivity index (χ4n) is 2.83. The van der Waals surface area contributed by atoms with Crippen molar-refractivity contribution >= 4 is 10.2 Å². The van der Waals surface area contributed by atoms with Crippen molar-refractivity contribution in [2.24, 2.45) is 0 Å². The van der Waals surface area contributed by atoms with Crippen molar-refractivity contribution in [1.82, 2.24) is 13.9 Å². The molecule has 1 atom stereocenters. The number of nitrogens with one attached hydrogen (secondary N) is 1. The number of rotatable bonds is 6. The second-order valence-corrected chi connectivity index (χ2v) is 7.27. The molecule has 0 saturated carbocycles. The van der Waals surface area contributed by atoms with Gasteiger partial charge < -0.3 is 10.4 Å². The van der Waals surface area contributed by atoms with Gasteiger partial charge in [-0.15, -0.1) is 0 Å². The van der Waals surface area contributed by atoms with Crippen molar-refractivity contribution in [3.05, 3.63) is 0 Å². The number of aliphatic hydroxyl groups is 1. The number of piperidine rings is 1. The Hall–Kier alpha value is -0.210. The Bertz CT molecular complexity index is 362. The smallest absolute Gasteiger partial charge is 0.282 e. The van der Waals surface area contributed by atoms with Gasteiger partial charge in [-0.05, 0) is 32.2 Å². The van der Waals surface area contributed by atoms with E-state index in [9.17, 15) is 8.42 Å². The summed E-state index contributed by atoms with van der Waals surface area (Å²) in [6.45, 7) is 2.72. The van der Waals surface area contributed by atoms with E-state index in [0.717, 1.165) is 38.6 Å². The van der Waals surface area contributed by atoms with Crippen molar-refractivity contribution < 1.29 is 13.5 Å². The van der Waals surface area contributed by atoms with E-state index in [0.29, 0.717) is 19.6 Å². The molecule has 2 rings (SSSR count). The molecule has 0 aromatic carbocycles. The van der Waals surface area contributed by atoms with E-state index >= 15 is 0 Å². The predicted molar refractivity (Wildman–Crippen MR) is 74.0 cm³/mol. The Kier molecular flexibility index (Phi) is 5.58. The van der Waals surface area contributed by atoms with E-state index in [1.165, 1.54) is 4.31 Å². The first-order valence-corrected chi connectivity index (χ1v) is 8.64. The summed E-state index contributed by atoms with van der Waals surface area (Å²) in [5.41, 5.74) is 0. The van der Waals surface area contributed by atoms with E-state index in [-0.39, 0.29) is 19.2 Å². The molecular weight excluding hydrogens is 266 g/mol. The zero-order valence-corrected chi connectivity index (χ0v) is 12.2. The zero-order valence-electron chi connectivity index (χ0n) is 11.4. The Morgan fingerprint density at radius 3 is 2.53 bits per heavy atom. The van der Waals surface area contributed by atoms with Crippen molar-refractivity contribution in [3.8, 4) is 0 Å². The first-order valence-electron chi connectivity index (χ1n) is 7.24. The van der Waals surface area contributed by atoms with Crippen LogP contribution in [0.4, 0.5) is 0 Å². The molecule has 112 valence electrons. The third-order valence-corrected chi connectivity index (χ3v) is 5.91. The van der Waals surface area contributed by atoms with Crippen molar-refractivity contribution in [1.29, 1.82) is 0 Å². The summed E-state index contributed by atoms with van der Waals surface area (Å²) in [6, 6.07) is 0.228. The minimum Gasteiger partial charge on any atom is -0.395 e. The van der Waals surface area contributed by atoms with Crippen molar-refractivity contribution in [3.63, 3.8) is 0 Å². The van der Waals surface area contributed by atoms with Gasteiger partial charge in [0, 0.05) is 32.2 Å². The highest BCUT2D eigenvalue weighted by molar-refractivity contribution is 7.86. The van der Waals surface area contributed by atoms with Crippen LogP contribution in [0, 0.1) is 0 Å². The lowest BCUT2D eigenvalue weighted by Crippen LogP contribution is -2.50. The Balaban J connectivity index is 2.02. The monoisotopic (exact) mass is 291 g/mol. The predicted octanol–water partition coefficient (Wildman–Crippen LogP) is -0.237. The summed E-state index contributed by atoms with van der Waals surface area (Å²) in [7, 11) is -3.41. The van der Waals surface area contributed by atoms with Crippen LogP contribution in [0.25, 0.3) is 0 Å². The summed E-state index contributed by atoms with van der Waals surface area (Å²) in [5.74, 6) is 0. The fourth-order valence-corrected chi connectivity index (χ4v) is 4.56. The molecule has 19 heavy (non-hydrogen) atoms. The highest BCUT2D eigenvalue weighted by Crippen LogP contribution is 2.18. The number of hydrogen-bond acceptors (Lipinski definition) is 4. The van der Waals surface area contributed by atoms with Gasteiger partial charge in [-0.25, -0.2) is 0 Å². The minimum atomic E-state index is -3.41. The Labute approximate surface area is 116 Å². The van der Waals surface area contributed by atoms with Crippen molar-refractivity contribution in [2.45, 2.75) is 38.1 Å². The third kappa shape index (κ3) is 3.88. The third-order valence-electron chi connectivity index (χ3n) is 3.90. The maximum absolute atomic E-state index is 12.6. The first-order chi connectivity index (χ1) is 9.14. The summed E-state index contributed by atoms with van der Waals surface area (Å²) in [5, 5.41) is 12.4. The van der Waals surface area contributed by atoms with Crippen LogP contribution in [0.15, 0.2) is 0 Å². The van der Waals surface area contributed by atoms with Gasteiger partial charge in [-0.1, -0.05) is 6.42 Å². The molecule has 2 aliphatic heterocycles. The standard InChI is InChI=1S/C12H25N3O3S/c16-10-9-15(11-12-5-4-6-13-12)19(17,18)14-7-2-1-3-8-14/h12-13,16H,1-11H2. The van der Waals surface area contributed by atoms with E-state index in [4.69, 9.17) is 5.11 Å². The van der Waals surface area contributed by atoms with Gasteiger partial charge in [0.2, 0.25) is 0 Å². The van der Waals surface area contributed by atoms with E-state index in [1.54, 1.807) is 4.31 Å². The number of aliphatic hydroxyl groups excluding tert-OH is 1. The highest BCUT2D eigenvalue weighted by Gasteiger charge is 2.32. The average Bonchev–Trinajstić information content (AvgIpc) is 2.92. The molecule has 0 aliphatic carbocycles. The summed E-state index contributed by atoms with van der Waals surface area (Å²) in [6.07, 6.45) is 5.09. The van der Waals surface area contributed by atoms with Gasteiger partial charge in [-0.2, -0.15) is 17.0 Å². The molecule has 7 heteroatoms. The fraction of sp³-hybridized carbons (Fsp3) is 1.00. The minimum absolute atomic E-state index is 0.125. The number of nitrogens with zero attached hydrogens (tertiary/aromatic N) is 2. The molecule has 6 nitrogen and oxygen atoms in total. The molecule has 0 amide bonds. The molecule has 0 spiro atoms. The SMILES string of the molecule is O=S(=O)(N1CCCCC1)N(CCO)CC1CCCN1. The average molecular weight is 291 g/mol. The molecule has 2 heterocycles. The molecule has 1 unspecified atom stereocenters. The van der Waals surface area contributed by atoms with Gasteiger partial charge in [0.1, 0.15) is 0 Å². The maximum atomic E-state index is 12.6. The first kappa shape index (κ1) is 15.2. The Morgan fingerprint density at radius 2 is 1.95 bits per heavy atom. The van der Waals surface area contributed by atoms with Gasteiger partial charge >= 0.3 is 0 Å². The largest absolute Gasteiger partial charge is 0.395 e. The van der Waals surface area contributed by atoms with Crippen LogP contribution in [0.3, 0.4) is 0 Å². The molecular formula is C12H25N3O3S. The molecule has 0 aromatic rings. The van der Waals surface area contributed by atoms with Gasteiger partial charge in [0.15, 0.2) is 0 Å².